The molecule has 1 aliphatic carbocycles. The molecule has 2 fully saturated rings. The third-order valence-corrected chi connectivity index (χ3v) is 6.14. The monoisotopic (exact) mass is 456 g/mol. The van der Waals surface area contributed by atoms with Crippen molar-refractivity contribution in [2.75, 3.05) is 31.6 Å². The average molecular weight is 457 g/mol. The van der Waals surface area contributed by atoms with Crippen molar-refractivity contribution in [3.8, 4) is 5.75 Å². The number of ether oxygens (including phenoxy) is 1. The predicted molar refractivity (Wildman–Crippen MR) is 118 cm³/mol. The van der Waals surface area contributed by atoms with Crippen LogP contribution in [-0.2, 0) is 4.79 Å². The number of hydrogen-bond donors (Lipinski definition) is 5. The van der Waals surface area contributed by atoms with E-state index in [0.29, 0.717) is 17.4 Å². The summed E-state index contributed by atoms with van der Waals surface area (Å²) in [4.78, 5) is 34.0. The molecular weight excluding hydrogens is 428 g/mol. The summed E-state index contributed by atoms with van der Waals surface area (Å²) in [6.07, 6.45) is 7.11. The zero-order chi connectivity index (χ0) is 22.9. The molecule has 4 heterocycles. The molecule has 176 valence electrons. The van der Waals surface area contributed by atoms with Crippen molar-refractivity contribution in [2.24, 2.45) is 0 Å². The van der Waals surface area contributed by atoms with Crippen molar-refractivity contribution < 1.29 is 24.5 Å². The van der Waals surface area contributed by atoms with Gasteiger partial charge >= 0.3 is 6.03 Å². The summed E-state index contributed by atoms with van der Waals surface area (Å²) in [5.41, 5.74) is 0.900. The van der Waals surface area contributed by atoms with Crippen LogP contribution in [0.3, 0.4) is 0 Å². The zero-order valence-corrected chi connectivity index (χ0v) is 18.1. The van der Waals surface area contributed by atoms with Crippen LogP contribution in [0.5, 0.6) is 5.75 Å². The minimum atomic E-state index is -0.990. The first-order chi connectivity index (χ1) is 16.0. The molecule has 1 aromatic rings. The number of amides is 3. The van der Waals surface area contributed by atoms with Crippen molar-refractivity contribution in [3.05, 3.63) is 42.0 Å². The SMILES string of the molecule is O=C(NC1CC1)C1C=CC2=C(N1)N(C(=O)Nc1cc(OC[C@H](O)CO)ccn1)[C@H]1CCN2C1. The van der Waals surface area contributed by atoms with E-state index in [-0.39, 0.29) is 30.6 Å². The number of aromatic nitrogens is 1. The molecule has 1 saturated heterocycles. The van der Waals surface area contributed by atoms with Gasteiger partial charge in [-0.25, -0.2) is 9.78 Å². The van der Waals surface area contributed by atoms with Crippen molar-refractivity contribution in [1.82, 2.24) is 25.4 Å². The number of pyridine rings is 1. The van der Waals surface area contributed by atoms with Gasteiger partial charge in [0.25, 0.3) is 0 Å². The summed E-state index contributed by atoms with van der Waals surface area (Å²) in [7, 11) is 0. The topological polar surface area (TPSA) is 139 Å². The number of carbonyl (C=O) groups excluding carboxylic acids is 2. The smallest absolute Gasteiger partial charge is 0.328 e. The molecule has 1 saturated carbocycles. The number of dihydropyridines is 1. The Morgan fingerprint density at radius 3 is 2.97 bits per heavy atom. The Labute approximate surface area is 191 Å². The van der Waals surface area contributed by atoms with Gasteiger partial charge in [0.1, 0.15) is 36.1 Å². The summed E-state index contributed by atoms with van der Waals surface area (Å²) in [6, 6.07) is 2.51. The quantitative estimate of drug-likeness (QED) is 0.377. The van der Waals surface area contributed by atoms with Gasteiger partial charge in [-0.15, -0.1) is 0 Å². The van der Waals surface area contributed by atoms with E-state index in [1.54, 1.807) is 17.0 Å². The molecule has 11 nitrogen and oxygen atoms in total. The van der Waals surface area contributed by atoms with E-state index >= 15 is 0 Å². The summed E-state index contributed by atoms with van der Waals surface area (Å²) >= 11 is 0. The first kappa shape index (κ1) is 21.5. The largest absolute Gasteiger partial charge is 0.491 e. The predicted octanol–water partition coefficient (Wildman–Crippen LogP) is -0.289. The number of aliphatic hydroxyl groups excluding tert-OH is 2. The second kappa shape index (κ2) is 8.91. The zero-order valence-electron chi connectivity index (χ0n) is 18.1. The maximum absolute atomic E-state index is 13.3. The molecule has 1 aromatic heterocycles. The highest BCUT2D eigenvalue weighted by atomic mass is 16.5. The van der Waals surface area contributed by atoms with Gasteiger partial charge in [-0.05, 0) is 31.4 Å². The number of nitrogens with zero attached hydrogens (tertiary/aromatic N) is 3. The number of rotatable bonds is 7. The number of urea groups is 1. The molecule has 0 radical (unpaired) electrons. The fourth-order valence-electron chi connectivity index (χ4n) is 4.26. The van der Waals surface area contributed by atoms with Crippen molar-refractivity contribution in [3.63, 3.8) is 0 Å². The average Bonchev–Trinajstić information content (AvgIpc) is 3.55. The summed E-state index contributed by atoms with van der Waals surface area (Å²) < 4.78 is 5.44. The van der Waals surface area contributed by atoms with Gasteiger partial charge in [0.15, 0.2) is 0 Å². The maximum Gasteiger partial charge on any atom is 0.328 e. The van der Waals surface area contributed by atoms with Crippen LogP contribution in [0.2, 0.25) is 0 Å². The Kier molecular flexibility index (Phi) is 5.81. The minimum Gasteiger partial charge on any atom is -0.491 e. The van der Waals surface area contributed by atoms with Crippen LogP contribution in [0.25, 0.3) is 0 Å². The number of anilines is 1. The Balaban J connectivity index is 1.31. The first-order valence-electron chi connectivity index (χ1n) is 11.2. The number of nitrogens with one attached hydrogen (secondary N) is 3. The van der Waals surface area contributed by atoms with Gasteiger partial charge in [-0.3, -0.25) is 15.0 Å². The second-order valence-corrected chi connectivity index (χ2v) is 8.71. The van der Waals surface area contributed by atoms with E-state index in [1.165, 1.54) is 6.20 Å². The van der Waals surface area contributed by atoms with E-state index in [2.05, 4.69) is 25.8 Å². The highest BCUT2D eigenvalue weighted by molar-refractivity contribution is 5.91. The molecule has 1 unspecified atom stereocenters. The normalized spacial score (nSPS) is 24.2. The van der Waals surface area contributed by atoms with Gasteiger partial charge in [-0.2, -0.15) is 0 Å². The lowest BCUT2D eigenvalue weighted by atomic mass is 10.1. The maximum atomic E-state index is 13.3. The molecule has 0 aromatic carbocycles. The summed E-state index contributed by atoms with van der Waals surface area (Å²) in [6.45, 7) is 1.09. The van der Waals surface area contributed by atoms with Crippen LogP contribution >= 0.6 is 0 Å². The lowest BCUT2D eigenvalue weighted by Gasteiger charge is -2.40. The number of carbonyl (C=O) groups is 2. The molecule has 2 bridgehead atoms. The standard InChI is InChI=1S/C22H28N6O5/c29-11-15(30)12-33-16-5-7-23-19(9-16)26-22(32)28-14-6-8-27(10-14)18-4-3-17(25-20(18)28)21(31)24-13-1-2-13/h3-5,7,9,13-15,17,25,29-30H,1-2,6,8,10-12H2,(H,24,31)(H,23,26,32)/t14-,15+,17?/m0/s1. The van der Waals surface area contributed by atoms with Gasteiger partial charge in [0, 0.05) is 31.4 Å². The van der Waals surface area contributed by atoms with E-state index in [0.717, 1.165) is 38.0 Å². The van der Waals surface area contributed by atoms with Crippen LogP contribution in [0.15, 0.2) is 42.0 Å². The second-order valence-electron chi connectivity index (χ2n) is 8.71. The molecule has 33 heavy (non-hydrogen) atoms. The summed E-state index contributed by atoms with van der Waals surface area (Å²) in [5, 5.41) is 27.5. The molecule has 3 amide bonds. The van der Waals surface area contributed by atoms with Crippen molar-refractivity contribution >= 4 is 17.8 Å². The lowest BCUT2D eigenvalue weighted by molar-refractivity contribution is -0.122. The van der Waals surface area contributed by atoms with Crippen LogP contribution in [0.4, 0.5) is 10.6 Å². The number of hydrogen-bond acceptors (Lipinski definition) is 8. The third kappa shape index (κ3) is 4.60. The van der Waals surface area contributed by atoms with Crippen molar-refractivity contribution in [2.45, 2.75) is 43.5 Å². The van der Waals surface area contributed by atoms with E-state index in [9.17, 15) is 14.7 Å². The molecule has 3 atom stereocenters. The molecule has 5 N–H and O–H groups in total. The minimum absolute atomic E-state index is 0.0194. The molecule has 5 rings (SSSR count). The van der Waals surface area contributed by atoms with Crippen molar-refractivity contribution in [1.29, 1.82) is 0 Å². The molecule has 0 spiro atoms. The van der Waals surface area contributed by atoms with Gasteiger partial charge < -0.3 is 30.5 Å². The molecule has 3 aliphatic heterocycles. The number of allylic oxidation sites excluding steroid dienone is 1. The Hall–Kier alpha value is -3.31. The fourth-order valence-corrected chi connectivity index (χ4v) is 4.26. The highest BCUT2D eigenvalue weighted by Crippen LogP contribution is 2.33. The number of aliphatic hydroxyl groups is 2. The molecule has 11 heteroatoms. The van der Waals surface area contributed by atoms with E-state index < -0.39 is 18.8 Å². The first-order valence-corrected chi connectivity index (χ1v) is 11.2. The molecular formula is C22H28N6O5. The Bertz CT molecular complexity index is 993. The van der Waals surface area contributed by atoms with Gasteiger partial charge in [-0.1, -0.05) is 6.08 Å². The Morgan fingerprint density at radius 1 is 1.33 bits per heavy atom. The van der Waals surface area contributed by atoms with Crippen LogP contribution < -0.4 is 20.7 Å². The van der Waals surface area contributed by atoms with E-state index in [4.69, 9.17) is 9.84 Å². The fraction of sp³-hybridized carbons (Fsp3) is 0.500. The number of fused-ring (bicyclic) bond motifs is 3. The van der Waals surface area contributed by atoms with Crippen LogP contribution in [-0.4, -0.2) is 87.5 Å². The third-order valence-electron chi connectivity index (χ3n) is 6.14. The lowest BCUT2D eigenvalue weighted by Crippen LogP contribution is -2.56. The van der Waals surface area contributed by atoms with Crippen LogP contribution in [0.1, 0.15) is 19.3 Å². The van der Waals surface area contributed by atoms with Gasteiger partial charge in [0.05, 0.1) is 18.3 Å². The van der Waals surface area contributed by atoms with E-state index in [1.807, 2.05) is 12.2 Å². The van der Waals surface area contributed by atoms with Crippen LogP contribution in [0, 0.1) is 0 Å². The summed E-state index contributed by atoms with van der Waals surface area (Å²) in [5.74, 6) is 1.24. The molecule has 4 aliphatic rings. The van der Waals surface area contributed by atoms with Gasteiger partial charge in [0.2, 0.25) is 5.91 Å². The Morgan fingerprint density at radius 2 is 2.18 bits per heavy atom. The highest BCUT2D eigenvalue weighted by Gasteiger charge is 2.43.